The minimum Gasteiger partial charge on any atom is -0.488 e. The first-order valence-electron chi connectivity index (χ1n) is 9.94. The van der Waals surface area contributed by atoms with Crippen LogP contribution in [0.5, 0.6) is 5.75 Å². The van der Waals surface area contributed by atoms with Crippen molar-refractivity contribution in [2.75, 3.05) is 6.61 Å². The van der Waals surface area contributed by atoms with E-state index in [0.29, 0.717) is 34.2 Å². The smallest absolute Gasteiger partial charge is 0.260 e. The van der Waals surface area contributed by atoms with Gasteiger partial charge in [0.25, 0.3) is 5.91 Å². The Bertz CT molecular complexity index is 1350. The molecule has 4 rings (SSSR count). The van der Waals surface area contributed by atoms with E-state index < -0.39 is 0 Å². The fraction of sp³-hybridized carbons (Fsp3) is 0.0800. The van der Waals surface area contributed by atoms with Crippen LogP contribution in [0.25, 0.3) is 21.8 Å². The highest BCUT2D eigenvalue weighted by Gasteiger charge is 2.12. The number of nitrogens with one attached hydrogen (secondary N) is 1. The monoisotopic (exact) mass is 489 g/mol. The Morgan fingerprint density at radius 1 is 1.06 bits per heavy atom. The molecule has 32 heavy (non-hydrogen) atoms. The third-order valence-electron chi connectivity index (χ3n) is 4.90. The number of rotatable bonds is 7. The minimum absolute atomic E-state index is 0.0245. The van der Waals surface area contributed by atoms with Crippen molar-refractivity contribution in [2.24, 2.45) is 5.10 Å². The number of hydrogen-bond donors (Lipinski definition) is 1. The third kappa shape index (κ3) is 4.48. The second kappa shape index (κ2) is 9.62. The van der Waals surface area contributed by atoms with Gasteiger partial charge in [0.05, 0.1) is 21.7 Å². The van der Waals surface area contributed by atoms with Crippen LogP contribution >= 0.6 is 15.9 Å². The Hall–Kier alpha value is -3.71. The first-order chi connectivity index (χ1) is 15.6. The Labute approximate surface area is 193 Å². The lowest BCUT2D eigenvalue weighted by molar-refractivity contribution is -0.121. The summed E-state index contributed by atoms with van der Waals surface area (Å²) in [5.41, 5.74) is 4.72. The van der Waals surface area contributed by atoms with Crippen LogP contribution in [0.2, 0.25) is 0 Å². The second-order valence-electron chi connectivity index (χ2n) is 7.03. The van der Waals surface area contributed by atoms with E-state index in [1.165, 1.54) is 0 Å². The molecule has 0 aliphatic rings. The van der Waals surface area contributed by atoms with E-state index in [4.69, 9.17) is 4.74 Å². The maximum atomic E-state index is 12.8. The first kappa shape index (κ1) is 21.5. The van der Waals surface area contributed by atoms with Gasteiger partial charge in [-0.1, -0.05) is 36.9 Å². The molecule has 0 radical (unpaired) electrons. The molecule has 7 heteroatoms. The summed E-state index contributed by atoms with van der Waals surface area (Å²) in [7, 11) is 0. The predicted octanol–water partition coefficient (Wildman–Crippen LogP) is 4.63. The second-order valence-corrected chi connectivity index (χ2v) is 7.89. The minimum atomic E-state index is -0.301. The zero-order chi connectivity index (χ0) is 22.5. The van der Waals surface area contributed by atoms with Gasteiger partial charge in [0, 0.05) is 10.8 Å². The van der Waals surface area contributed by atoms with E-state index in [1.54, 1.807) is 24.4 Å². The van der Waals surface area contributed by atoms with Gasteiger partial charge in [-0.2, -0.15) is 5.10 Å². The molecule has 0 aliphatic carbocycles. The number of amides is 1. The summed E-state index contributed by atoms with van der Waals surface area (Å²) < 4.78 is 8.14. The SMILES string of the molecule is C=CCOc1ccc(C=NNC(=O)Cn2c3ccccc3c(=O)c3ccccc32)cc1Br. The standard InChI is InChI=1S/C25H20BrN3O3/c1-2-13-32-23-12-11-17(14-20(23)26)15-27-28-24(30)16-29-21-9-5-3-7-18(21)25(31)19-8-4-6-10-22(19)29/h2-12,14-15H,1,13,16H2,(H,28,30). The third-order valence-corrected chi connectivity index (χ3v) is 5.52. The molecule has 1 N–H and O–H groups in total. The van der Waals surface area contributed by atoms with Gasteiger partial charge >= 0.3 is 0 Å². The van der Waals surface area contributed by atoms with Crippen molar-refractivity contribution in [2.45, 2.75) is 6.54 Å². The van der Waals surface area contributed by atoms with Crippen LogP contribution in [0, 0.1) is 0 Å². The average Bonchev–Trinajstić information content (AvgIpc) is 2.81. The summed E-state index contributed by atoms with van der Waals surface area (Å²) in [6.45, 7) is 4.07. The molecule has 1 aromatic heterocycles. The van der Waals surface area contributed by atoms with Crippen LogP contribution in [0.4, 0.5) is 0 Å². The quantitative estimate of drug-likeness (QED) is 0.178. The summed E-state index contributed by atoms with van der Waals surface area (Å²) in [6, 6.07) is 20.1. The molecule has 0 saturated carbocycles. The lowest BCUT2D eigenvalue weighted by Crippen LogP contribution is -2.25. The van der Waals surface area contributed by atoms with Gasteiger partial charge in [-0.3, -0.25) is 9.59 Å². The Balaban J connectivity index is 1.55. The fourth-order valence-corrected chi connectivity index (χ4v) is 3.98. The number of nitrogens with zero attached hydrogens (tertiary/aromatic N) is 2. The molecular formula is C25H20BrN3O3. The Morgan fingerprint density at radius 2 is 1.72 bits per heavy atom. The van der Waals surface area contributed by atoms with Gasteiger partial charge in [-0.05, 0) is 64.0 Å². The van der Waals surface area contributed by atoms with Crippen LogP contribution in [0.15, 0.2) is 93.8 Å². The maximum Gasteiger partial charge on any atom is 0.260 e. The van der Waals surface area contributed by atoms with Crippen LogP contribution in [-0.2, 0) is 11.3 Å². The molecule has 4 aromatic rings. The number of aromatic nitrogens is 1. The van der Waals surface area contributed by atoms with E-state index in [2.05, 4.69) is 33.0 Å². The molecule has 0 fully saturated rings. The van der Waals surface area contributed by atoms with Gasteiger partial charge in [0.2, 0.25) is 0 Å². The summed E-state index contributed by atoms with van der Waals surface area (Å²) in [5.74, 6) is 0.397. The number of ether oxygens (including phenoxy) is 1. The van der Waals surface area contributed by atoms with Crippen LogP contribution in [0.1, 0.15) is 5.56 Å². The Morgan fingerprint density at radius 3 is 2.34 bits per heavy atom. The highest BCUT2D eigenvalue weighted by Crippen LogP contribution is 2.25. The summed E-state index contributed by atoms with van der Waals surface area (Å²) in [6.07, 6.45) is 3.23. The van der Waals surface area contributed by atoms with Gasteiger partial charge in [-0.25, -0.2) is 5.43 Å². The first-order valence-corrected chi connectivity index (χ1v) is 10.7. The van der Waals surface area contributed by atoms with E-state index >= 15 is 0 Å². The van der Waals surface area contributed by atoms with Crippen molar-refractivity contribution in [3.8, 4) is 5.75 Å². The zero-order valence-electron chi connectivity index (χ0n) is 17.1. The zero-order valence-corrected chi connectivity index (χ0v) is 18.7. The highest BCUT2D eigenvalue weighted by atomic mass is 79.9. The van der Waals surface area contributed by atoms with Crippen LogP contribution < -0.4 is 15.6 Å². The van der Waals surface area contributed by atoms with Crippen molar-refractivity contribution >= 4 is 49.9 Å². The van der Waals surface area contributed by atoms with E-state index in [-0.39, 0.29) is 17.9 Å². The van der Waals surface area contributed by atoms with Crippen molar-refractivity contribution in [1.29, 1.82) is 0 Å². The summed E-state index contributed by atoms with van der Waals surface area (Å²) in [4.78, 5) is 25.5. The van der Waals surface area contributed by atoms with Gasteiger partial charge in [0.1, 0.15) is 18.9 Å². The molecule has 3 aromatic carbocycles. The largest absolute Gasteiger partial charge is 0.488 e. The van der Waals surface area contributed by atoms with E-state index in [0.717, 1.165) is 10.0 Å². The molecule has 0 bridgehead atoms. The van der Waals surface area contributed by atoms with Crippen molar-refractivity contribution in [3.63, 3.8) is 0 Å². The molecule has 0 aliphatic heterocycles. The Kier molecular flexibility index (Phi) is 6.47. The molecular weight excluding hydrogens is 470 g/mol. The molecule has 6 nitrogen and oxygen atoms in total. The normalized spacial score (nSPS) is 11.2. The van der Waals surface area contributed by atoms with Crippen molar-refractivity contribution < 1.29 is 9.53 Å². The van der Waals surface area contributed by atoms with E-state index in [1.807, 2.05) is 59.2 Å². The van der Waals surface area contributed by atoms with Gasteiger partial charge in [0.15, 0.2) is 5.43 Å². The number of pyridine rings is 1. The summed E-state index contributed by atoms with van der Waals surface area (Å²) >= 11 is 3.46. The number of fused-ring (bicyclic) bond motifs is 2. The lowest BCUT2D eigenvalue weighted by atomic mass is 10.1. The van der Waals surface area contributed by atoms with Crippen LogP contribution in [0.3, 0.4) is 0 Å². The van der Waals surface area contributed by atoms with Crippen molar-refractivity contribution in [3.05, 3.63) is 99.6 Å². The van der Waals surface area contributed by atoms with Gasteiger partial charge in [-0.15, -0.1) is 0 Å². The molecule has 0 unspecified atom stereocenters. The number of hydrogen-bond acceptors (Lipinski definition) is 4. The highest BCUT2D eigenvalue weighted by molar-refractivity contribution is 9.10. The number of para-hydroxylation sites is 2. The van der Waals surface area contributed by atoms with Gasteiger partial charge < -0.3 is 9.30 Å². The number of benzene rings is 3. The summed E-state index contributed by atoms with van der Waals surface area (Å²) in [5, 5.41) is 5.22. The molecule has 1 heterocycles. The molecule has 0 saturated heterocycles. The average molecular weight is 490 g/mol. The lowest BCUT2D eigenvalue weighted by Gasteiger charge is -2.14. The molecule has 1 amide bonds. The molecule has 0 spiro atoms. The molecule has 0 atom stereocenters. The number of carbonyl (C=O) groups excluding carboxylic acids is 1. The number of carbonyl (C=O) groups is 1. The molecule has 160 valence electrons. The topological polar surface area (TPSA) is 72.7 Å². The fourth-order valence-electron chi connectivity index (χ4n) is 3.47. The number of halogens is 1. The van der Waals surface area contributed by atoms with Crippen molar-refractivity contribution in [1.82, 2.24) is 9.99 Å². The maximum absolute atomic E-state index is 12.8. The van der Waals surface area contributed by atoms with Crippen LogP contribution in [-0.4, -0.2) is 23.3 Å². The number of hydrazone groups is 1. The van der Waals surface area contributed by atoms with E-state index in [9.17, 15) is 9.59 Å². The predicted molar refractivity (Wildman–Crippen MR) is 131 cm³/mol.